The summed E-state index contributed by atoms with van der Waals surface area (Å²) in [6.45, 7) is 4.27. The summed E-state index contributed by atoms with van der Waals surface area (Å²) in [5.74, 6) is 2.02. The zero-order valence-corrected chi connectivity index (χ0v) is 11.2. The highest BCUT2D eigenvalue weighted by atomic mass is 33.1. The molecule has 2 heterocycles. The molecule has 1 unspecified atom stereocenters. The molecule has 1 nitrogen and oxygen atoms in total. The first-order valence-corrected chi connectivity index (χ1v) is 9.84. The fourth-order valence-corrected chi connectivity index (χ4v) is 8.16. The first-order chi connectivity index (χ1) is 6.55. The molecule has 2 rings (SSSR count). The van der Waals surface area contributed by atoms with E-state index in [9.17, 15) is 4.39 Å². The molecule has 6 heteroatoms. The smallest absolute Gasteiger partial charge is 0.143 e. The summed E-state index contributed by atoms with van der Waals surface area (Å²) in [7, 11) is 1.86. The summed E-state index contributed by atoms with van der Waals surface area (Å²) in [6.07, 6.45) is -0.731. The van der Waals surface area contributed by atoms with Crippen LogP contribution in [0.15, 0.2) is 0 Å². The molecule has 1 spiro atoms. The second-order valence-corrected chi connectivity index (χ2v) is 11.6. The average Bonchev–Trinajstić information content (AvgIpc) is 2.37. The highest BCUT2D eigenvalue weighted by Crippen LogP contribution is 2.65. The summed E-state index contributed by atoms with van der Waals surface area (Å²) in [6, 6.07) is -0.215. The van der Waals surface area contributed by atoms with E-state index in [2.05, 4.69) is 6.66 Å². The van der Waals surface area contributed by atoms with Gasteiger partial charge in [-0.05, 0) is 6.66 Å². The largest absolute Gasteiger partial charge is 0.376 e. The molecule has 3 atom stereocenters. The summed E-state index contributed by atoms with van der Waals surface area (Å²) >= 11 is 3.92. The second kappa shape index (κ2) is 4.16. The van der Waals surface area contributed by atoms with Crippen molar-refractivity contribution in [2.45, 2.75) is 24.7 Å². The maximum atomic E-state index is 13.7. The van der Waals surface area contributed by atoms with Crippen LogP contribution < -0.4 is 0 Å². The quantitative estimate of drug-likeness (QED) is 0.482. The van der Waals surface area contributed by atoms with Crippen LogP contribution >= 0.6 is 29.1 Å². The van der Waals surface area contributed by atoms with E-state index in [1.54, 1.807) is 0 Å². The van der Waals surface area contributed by atoms with E-state index in [1.165, 1.54) is 0 Å². The molecule has 0 N–H and O–H groups in total. The van der Waals surface area contributed by atoms with E-state index < -0.39 is 6.17 Å². The van der Waals surface area contributed by atoms with Crippen molar-refractivity contribution in [3.8, 4) is 0 Å². The highest BCUT2D eigenvalue weighted by molar-refractivity contribution is 8.88. The summed E-state index contributed by atoms with van der Waals surface area (Å²) < 4.78 is 19.6. The first kappa shape index (κ1) is 11.6. The number of hydrogen-bond donors (Lipinski definition) is 0. The van der Waals surface area contributed by atoms with Crippen LogP contribution in [0.2, 0.25) is 0 Å². The number of ether oxygens (including phenoxy) is 1. The number of hydrogen-bond acceptors (Lipinski definition) is 3. The number of halogens is 1. The fraction of sp³-hybridized carbons (Fsp3) is 1.00. The van der Waals surface area contributed by atoms with E-state index in [-0.39, 0.29) is 23.8 Å². The molecule has 0 aliphatic carbocycles. The molecule has 2 fully saturated rings. The summed E-state index contributed by atoms with van der Waals surface area (Å²) in [5, 5.41) is 0. The Balaban J connectivity index is 2.10. The van der Waals surface area contributed by atoms with E-state index in [0.717, 1.165) is 11.5 Å². The van der Waals surface area contributed by atoms with Gasteiger partial charge in [0, 0.05) is 23.7 Å². The van der Waals surface area contributed by atoms with E-state index >= 15 is 0 Å². The molecular formula is C8H15BFOPS2. The Hall–Kier alpha value is 1.08. The summed E-state index contributed by atoms with van der Waals surface area (Å²) in [5.41, 5.74) is -0.178. The maximum absolute atomic E-state index is 13.7. The monoisotopic (exact) mass is 252 g/mol. The van der Waals surface area contributed by atoms with Crippen LogP contribution in [0.25, 0.3) is 0 Å². The zero-order chi connectivity index (χ0) is 10.3. The van der Waals surface area contributed by atoms with Crippen molar-refractivity contribution in [2.24, 2.45) is 5.92 Å². The molecule has 0 bridgehead atoms. The molecule has 2 aliphatic heterocycles. The van der Waals surface area contributed by atoms with Crippen molar-refractivity contribution < 1.29 is 9.13 Å². The lowest BCUT2D eigenvalue weighted by Gasteiger charge is -2.37. The van der Waals surface area contributed by atoms with Gasteiger partial charge in [0.25, 0.3) is 0 Å². The van der Waals surface area contributed by atoms with Crippen LogP contribution in [-0.4, -0.2) is 43.8 Å². The Morgan fingerprint density at radius 3 is 2.50 bits per heavy atom. The molecule has 80 valence electrons. The third kappa shape index (κ3) is 1.86. The molecule has 0 aromatic rings. The normalized spacial score (nSPS) is 53.9. The Labute approximate surface area is 95.0 Å². The van der Waals surface area contributed by atoms with Crippen molar-refractivity contribution in [3.63, 3.8) is 0 Å². The number of rotatable bonds is 0. The zero-order valence-electron chi connectivity index (χ0n) is 8.70. The molecule has 0 saturated carbocycles. The van der Waals surface area contributed by atoms with E-state index in [1.807, 2.05) is 37.5 Å². The molecule has 0 aromatic heterocycles. The first-order valence-electron chi connectivity index (χ1n) is 4.86. The molecule has 2 aliphatic rings. The minimum atomic E-state index is -0.780. The minimum Gasteiger partial charge on any atom is -0.376 e. The van der Waals surface area contributed by atoms with Gasteiger partial charge in [0.2, 0.25) is 0 Å². The predicted molar refractivity (Wildman–Crippen MR) is 68.0 cm³/mol. The Bertz CT molecular complexity index is 225. The van der Waals surface area contributed by atoms with Gasteiger partial charge in [-0.2, -0.15) is 0 Å². The van der Waals surface area contributed by atoms with Crippen molar-refractivity contribution >= 4 is 36.9 Å². The van der Waals surface area contributed by atoms with Gasteiger partial charge in [0.15, 0.2) is 0 Å². The van der Waals surface area contributed by atoms with Gasteiger partial charge in [0.1, 0.15) is 14.0 Å². The van der Waals surface area contributed by atoms with Crippen LogP contribution in [0.4, 0.5) is 4.39 Å². The lowest BCUT2D eigenvalue weighted by molar-refractivity contribution is 0.00731. The van der Waals surface area contributed by atoms with Gasteiger partial charge < -0.3 is 4.74 Å². The second-order valence-electron chi connectivity index (χ2n) is 4.11. The molecule has 2 saturated heterocycles. The maximum Gasteiger partial charge on any atom is 0.143 e. The van der Waals surface area contributed by atoms with Crippen LogP contribution in [-0.2, 0) is 4.74 Å². The lowest BCUT2D eigenvalue weighted by Crippen LogP contribution is -2.42. The van der Waals surface area contributed by atoms with Gasteiger partial charge in [0.05, 0.1) is 11.6 Å². The van der Waals surface area contributed by atoms with Gasteiger partial charge in [-0.25, -0.2) is 4.39 Å². The SMILES string of the molecule is B[C@@H]1OC2(CSP(C)SC2)[C@H](C)C1F. The Kier molecular flexibility index (Phi) is 3.43. The standard InChI is InChI=1S/C8H15BFOPS2/c1-5-6(10)7(9)11-8(5)3-13-12(2)14-4-8/h5-7H,3-4,9H2,1-2H3/t5-,6?,7-,8?,12?/m1/s1. The minimum absolute atomic E-state index is 0.0495. The third-order valence-corrected chi connectivity index (χ3v) is 9.97. The molecular weight excluding hydrogens is 237 g/mol. The van der Waals surface area contributed by atoms with Crippen molar-refractivity contribution in [1.29, 1.82) is 0 Å². The highest BCUT2D eigenvalue weighted by Gasteiger charge is 2.52. The van der Waals surface area contributed by atoms with Gasteiger partial charge >= 0.3 is 0 Å². The van der Waals surface area contributed by atoms with Gasteiger partial charge in [-0.3, -0.25) is 0 Å². The molecule has 0 radical (unpaired) electrons. The van der Waals surface area contributed by atoms with Crippen molar-refractivity contribution in [1.82, 2.24) is 0 Å². The van der Waals surface area contributed by atoms with Crippen LogP contribution in [0, 0.1) is 5.92 Å². The van der Waals surface area contributed by atoms with Crippen LogP contribution in [0.5, 0.6) is 0 Å². The van der Waals surface area contributed by atoms with E-state index in [0.29, 0.717) is 0 Å². The third-order valence-electron chi connectivity index (χ3n) is 3.16. The predicted octanol–water partition coefficient (Wildman–Crippen LogP) is 2.11. The lowest BCUT2D eigenvalue weighted by atomic mass is 9.85. The van der Waals surface area contributed by atoms with Crippen LogP contribution in [0.1, 0.15) is 6.92 Å². The van der Waals surface area contributed by atoms with Crippen molar-refractivity contribution in [3.05, 3.63) is 0 Å². The number of alkyl halides is 1. The molecule has 14 heavy (non-hydrogen) atoms. The molecule has 0 aromatic carbocycles. The molecule has 0 amide bonds. The Morgan fingerprint density at radius 1 is 1.50 bits per heavy atom. The van der Waals surface area contributed by atoms with Gasteiger partial charge in [-0.15, -0.1) is 22.8 Å². The van der Waals surface area contributed by atoms with Crippen molar-refractivity contribution in [2.75, 3.05) is 18.2 Å². The topological polar surface area (TPSA) is 9.23 Å². The average molecular weight is 252 g/mol. The van der Waals surface area contributed by atoms with E-state index in [4.69, 9.17) is 4.74 Å². The van der Waals surface area contributed by atoms with Gasteiger partial charge in [-0.1, -0.05) is 6.92 Å². The fourth-order valence-electron chi connectivity index (χ4n) is 2.05. The summed E-state index contributed by atoms with van der Waals surface area (Å²) in [4.78, 5) is 0. The van der Waals surface area contributed by atoms with Crippen LogP contribution in [0.3, 0.4) is 0 Å². The Morgan fingerprint density at radius 2 is 2.07 bits per heavy atom.